The predicted octanol–water partition coefficient (Wildman–Crippen LogP) is 3.44. The van der Waals surface area contributed by atoms with Gasteiger partial charge in [-0.25, -0.2) is 4.79 Å². The number of unbranched alkanes of at least 4 members (excludes halogenated alkanes) is 1. The first kappa shape index (κ1) is 27.4. The average molecular weight is 566 g/mol. The summed E-state index contributed by atoms with van der Waals surface area (Å²) in [5, 5.41) is 0. The van der Waals surface area contributed by atoms with E-state index < -0.39 is 42.3 Å². The quantitative estimate of drug-likeness (QED) is 0.245. The van der Waals surface area contributed by atoms with Gasteiger partial charge in [-0.15, -0.1) is 0 Å². The molecule has 0 aromatic heterocycles. The minimum absolute atomic E-state index is 0.230. The Morgan fingerprint density at radius 2 is 1.26 bits per heavy atom. The molecule has 1 heterocycles. The molecule has 0 spiro atoms. The first-order valence-corrected chi connectivity index (χ1v) is 14.3. The zero-order chi connectivity index (χ0) is 29.4. The molecule has 0 radical (unpaired) electrons. The molecule has 0 saturated carbocycles. The lowest BCUT2D eigenvalue weighted by molar-refractivity contribution is -0.161. The maximum Gasteiger partial charge on any atom is 0.329 e. The second-order valence-corrected chi connectivity index (χ2v) is 10.9. The van der Waals surface area contributed by atoms with Crippen LogP contribution in [0, 0.1) is 11.8 Å². The van der Waals surface area contributed by atoms with Gasteiger partial charge in [0.1, 0.15) is 6.04 Å². The van der Waals surface area contributed by atoms with Gasteiger partial charge in [0.2, 0.25) is 11.8 Å². The summed E-state index contributed by atoms with van der Waals surface area (Å²) in [5.74, 6) is -4.63. The Morgan fingerprint density at radius 1 is 0.762 bits per heavy atom. The Balaban J connectivity index is 1.20. The third kappa shape index (κ3) is 4.55. The summed E-state index contributed by atoms with van der Waals surface area (Å²) in [4.78, 5) is 67.2. The molecule has 7 rings (SSSR count). The molecule has 2 bridgehead atoms. The summed E-state index contributed by atoms with van der Waals surface area (Å²) in [7, 11) is 0. The summed E-state index contributed by atoms with van der Waals surface area (Å²) >= 11 is 0. The summed E-state index contributed by atoms with van der Waals surface area (Å²) < 4.78 is 5.31. The van der Waals surface area contributed by atoms with E-state index in [1.165, 1.54) is 0 Å². The van der Waals surface area contributed by atoms with Crippen molar-refractivity contribution in [3.8, 4) is 0 Å². The van der Waals surface area contributed by atoms with Crippen LogP contribution in [-0.2, 0) is 23.9 Å². The number of nitrogens with zero attached hydrogens (tertiary/aromatic N) is 1. The minimum Gasteiger partial charge on any atom is -0.454 e. The van der Waals surface area contributed by atoms with Crippen LogP contribution < -0.4 is 10.9 Å². The average Bonchev–Trinajstić information content (AvgIpc) is 3.29. The van der Waals surface area contributed by atoms with Gasteiger partial charge in [-0.1, -0.05) is 86.5 Å². The Labute approximate surface area is 243 Å². The molecule has 9 nitrogen and oxygen atoms in total. The van der Waals surface area contributed by atoms with Crippen molar-refractivity contribution in [2.24, 2.45) is 11.8 Å². The zero-order valence-electron chi connectivity index (χ0n) is 23.1. The number of ether oxygens (including phenoxy) is 1. The van der Waals surface area contributed by atoms with E-state index in [0.29, 0.717) is 12.0 Å². The van der Waals surface area contributed by atoms with Gasteiger partial charge in [0.05, 0.1) is 11.8 Å². The minimum atomic E-state index is -1.15. The molecule has 1 fully saturated rings. The number of carbonyl (C=O) groups is 5. The van der Waals surface area contributed by atoms with E-state index in [0.717, 1.165) is 33.6 Å². The Hall–Kier alpha value is -4.79. The van der Waals surface area contributed by atoms with Gasteiger partial charge in [0, 0.05) is 17.4 Å². The number of esters is 1. The van der Waals surface area contributed by atoms with Crippen molar-refractivity contribution in [1.29, 1.82) is 0 Å². The van der Waals surface area contributed by atoms with Crippen LogP contribution >= 0.6 is 0 Å². The van der Waals surface area contributed by atoms with Gasteiger partial charge < -0.3 is 4.74 Å². The zero-order valence-corrected chi connectivity index (χ0v) is 23.1. The van der Waals surface area contributed by atoms with E-state index in [9.17, 15) is 24.0 Å². The van der Waals surface area contributed by atoms with Crippen LogP contribution in [0.2, 0.25) is 0 Å². The van der Waals surface area contributed by atoms with Crippen molar-refractivity contribution < 1.29 is 28.7 Å². The van der Waals surface area contributed by atoms with E-state index in [2.05, 4.69) is 10.9 Å². The first-order chi connectivity index (χ1) is 20.4. The second-order valence-electron chi connectivity index (χ2n) is 10.9. The van der Waals surface area contributed by atoms with E-state index in [1.807, 2.05) is 55.5 Å². The molecular weight excluding hydrogens is 534 g/mol. The lowest BCUT2D eigenvalue weighted by atomic mass is 9.55. The number of rotatable bonds is 8. The Kier molecular flexibility index (Phi) is 7.33. The molecule has 0 unspecified atom stereocenters. The number of nitrogens with one attached hydrogen (secondary N) is 2. The topological polar surface area (TPSA) is 122 Å². The molecule has 214 valence electrons. The van der Waals surface area contributed by atoms with Crippen LogP contribution in [0.3, 0.4) is 0 Å². The summed E-state index contributed by atoms with van der Waals surface area (Å²) in [6.45, 7) is 1.27. The monoisotopic (exact) mass is 565 g/mol. The summed E-state index contributed by atoms with van der Waals surface area (Å²) in [5.41, 5.74) is 9.04. The number of carbonyl (C=O) groups excluding carboxylic acids is 5. The number of imide groups is 1. The third-order valence-corrected chi connectivity index (χ3v) is 8.59. The lowest BCUT2D eigenvalue weighted by Gasteiger charge is -2.45. The fourth-order valence-corrected chi connectivity index (χ4v) is 6.81. The normalized spacial score (nSPS) is 22.1. The van der Waals surface area contributed by atoms with Gasteiger partial charge in [-0.3, -0.25) is 34.9 Å². The molecule has 42 heavy (non-hydrogen) atoms. The fraction of sp³-hybridized carbons (Fsp3) is 0.303. The van der Waals surface area contributed by atoms with Gasteiger partial charge in [-0.05, 0) is 40.8 Å². The highest BCUT2D eigenvalue weighted by molar-refractivity contribution is 6.10. The summed E-state index contributed by atoms with van der Waals surface area (Å²) in [6.07, 6.45) is 1.55. The van der Waals surface area contributed by atoms with Crippen molar-refractivity contribution in [1.82, 2.24) is 15.8 Å². The van der Waals surface area contributed by atoms with Crippen molar-refractivity contribution >= 4 is 29.6 Å². The molecule has 3 atom stereocenters. The highest BCUT2D eigenvalue weighted by Gasteiger charge is 2.63. The largest absolute Gasteiger partial charge is 0.454 e. The van der Waals surface area contributed by atoms with Crippen LogP contribution in [0.4, 0.5) is 0 Å². The van der Waals surface area contributed by atoms with Gasteiger partial charge in [0.25, 0.3) is 11.8 Å². The SMILES string of the molecule is CCCC[C@@H](C(=O)OCC(=O)NNC(=O)c1ccccc1)N1C(=O)[C@@H]2C3c4ccccc4C(c4ccccc43)[C@@H]2C1=O. The lowest BCUT2D eigenvalue weighted by Crippen LogP contribution is -2.48. The molecule has 1 saturated heterocycles. The second kappa shape index (κ2) is 11.2. The van der Waals surface area contributed by atoms with E-state index in [4.69, 9.17) is 4.74 Å². The van der Waals surface area contributed by atoms with Crippen LogP contribution in [0.1, 0.15) is 70.6 Å². The molecule has 2 N–H and O–H groups in total. The molecule has 1 aliphatic heterocycles. The van der Waals surface area contributed by atoms with Crippen molar-refractivity contribution in [2.75, 3.05) is 6.61 Å². The number of hydrogen-bond donors (Lipinski definition) is 2. The Morgan fingerprint density at radius 3 is 1.76 bits per heavy atom. The highest BCUT2D eigenvalue weighted by atomic mass is 16.5. The molecular formula is C33H31N3O6. The molecule has 3 aromatic rings. The maximum absolute atomic E-state index is 14.1. The summed E-state index contributed by atoms with van der Waals surface area (Å²) in [6, 6.07) is 23.1. The standard InChI is InChI=1S/C33H31N3O6/c1-2-3-17-24(33(41)42-18-25(37)34-35-30(38)19-11-5-4-6-12-19)36-31(39)28-26-20-13-7-8-14-21(20)27(29(28)32(36)40)23-16-10-9-15-22(23)26/h4-16,24,26-29H,2-3,17-18H2,1H3,(H,34,37)(H,35,38)/t24-,26?,27?,28-,29+/m0/s1. The van der Waals surface area contributed by atoms with Gasteiger partial charge in [0.15, 0.2) is 6.61 Å². The molecule has 3 aliphatic carbocycles. The van der Waals surface area contributed by atoms with Crippen LogP contribution in [0.5, 0.6) is 0 Å². The number of hydrogen-bond acceptors (Lipinski definition) is 6. The number of amides is 4. The molecule has 4 amide bonds. The van der Waals surface area contributed by atoms with Crippen molar-refractivity contribution in [2.45, 2.75) is 44.1 Å². The number of likely N-dealkylation sites (tertiary alicyclic amines) is 1. The molecule has 4 aliphatic rings. The van der Waals surface area contributed by atoms with E-state index in [1.54, 1.807) is 30.3 Å². The van der Waals surface area contributed by atoms with E-state index in [-0.39, 0.29) is 30.1 Å². The number of benzene rings is 3. The van der Waals surface area contributed by atoms with Crippen LogP contribution in [0.15, 0.2) is 78.9 Å². The molecule has 3 aromatic carbocycles. The fourth-order valence-electron chi connectivity index (χ4n) is 6.81. The smallest absolute Gasteiger partial charge is 0.329 e. The highest BCUT2D eigenvalue weighted by Crippen LogP contribution is 2.61. The molecule has 9 heteroatoms. The third-order valence-electron chi connectivity index (χ3n) is 8.59. The van der Waals surface area contributed by atoms with Crippen LogP contribution in [-0.4, -0.2) is 47.1 Å². The van der Waals surface area contributed by atoms with Crippen LogP contribution in [0.25, 0.3) is 0 Å². The maximum atomic E-state index is 14.1. The predicted molar refractivity (Wildman–Crippen MR) is 152 cm³/mol. The van der Waals surface area contributed by atoms with Gasteiger partial charge in [-0.2, -0.15) is 0 Å². The first-order valence-electron chi connectivity index (χ1n) is 14.3. The van der Waals surface area contributed by atoms with Crippen molar-refractivity contribution in [3.05, 3.63) is 107 Å². The van der Waals surface area contributed by atoms with E-state index >= 15 is 0 Å². The number of hydrazine groups is 1. The van der Waals surface area contributed by atoms with Crippen molar-refractivity contribution in [3.63, 3.8) is 0 Å². The van der Waals surface area contributed by atoms with Gasteiger partial charge >= 0.3 is 5.97 Å². The Bertz CT molecular complexity index is 1460.